The lowest BCUT2D eigenvalue weighted by Gasteiger charge is -2.35. The monoisotopic (exact) mass is 463 g/mol. The van der Waals surface area contributed by atoms with Gasteiger partial charge in [-0.3, -0.25) is 14.5 Å². The Kier molecular flexibility index (Phi) is 7.20. The number of anilines is 1. The highest BCUT2D eigenvalue weighted by molar-refractivity contribution is 6.10. The molecule has 1 saturated carbocycles. The van der Waals surface area contributed by atoms with Crippen molar-refractivity contribution in [2.24, 2.45) is 0 Å². The van der Waals surface area contributed by atoms with Gasteiger partial charge in [0.1, 0.15) is 17.8 Å². The SMILES string of the molecule is COc1ccc(CC[C@@]2(C)NC(=O)N(CC(=O)N(c3ccccc3)C3CCCCC3)C2=O)cc1. The number of ether oxygens (including phenoxy) is 1. The molecular weight excluding hydrogens is 430 g/mol. The molecule has 1 heterocycles. The van der Waals surface area contributed by atoms with Crippen molar-refractivity contribution in [3.8, 4) is 5.75 Å². The van der Waals surface area contributed by atoms with E-state index in [4.69, 9.17) is 4.74 Å². The van der Waals surface area contributed by atoms with Gasteiger partial charge in [-0.2, -0.15) is 0 Å². The van der Waals surface area contributed by atoms with E-state index in [1.807, 2.05) is 54.6 Å². The molecule has 2 aromatic rings. The van der Waals surface area contributed by atoms with Crippen molar-refractivity contribution in [2.45, 2.75) is 63.5 Å². The molecule has 1 N–H and O–H groups in total. The summed E-state index contributed by atoms with van der Waals surface area (Å²) in [5.74, 6) is 0.197. The number of hydrogen-bond donors (Lipinski definition) is 1. The Morgan fingerprint density at radius 1 is 1.06 bits per heavy atom. The average Bonchev–Trinajstić information content (AvgIpc) is 3.08. The summed E-state index contributed by atoms with van der Waals surface area (Å²) < 4.78 is 5.19. The number of hydrogen-bond acceptors (Lipinski definition) is 4. The zero-order chi connectivity index (χ0) is 24.1. The number of imide groups is 1. The largest absolute Gasteiger partial charge is 0.497 e. The van der Waals surface area contributed by atoms with Gasteiger partial charge in [-0.15, -0.1) is 0 Å². The Balaban J connectivity index is 1.45. The van der Waals surface area contributed by atoms with Crippen molar-refractivity contribution in [3.05, 3.63) is 60.2 Å². The summed E-state index contributed by atoms with van der Waals surface area (Å²) in [6.07, 6.45) is 6.25. The minimum atomic E-state index is -1.04. The van der Waals surface area contributed by atoms with E-state index in [9.17, 15) is 14.4 Å². The smallest absolute Gasteiger partial charge is 0.325 e. The topological polar surface area (TPSA) is 79.0 Å². The molecule has 0 bridgehead atoms. The van der Waals surface area contributed by atoms with Gasteiger partial charge in [-0.05, 0) is 62.4 Å². The second-order valence-electron chi connectivity index (χ2n) is 9.39. The van der Waals surface area contributed by atoms with E-state index in [0.717, 1.165) is 47.6 Å². The maximum atomic E-state index is 13.5. The molecule has 2 aliphatic rings. The third-order valence-electron chi connectivity index (χ3n) is 6.95. The van der Waals surface area contributed by atoms with E-state index in [2.05, 4.69) is 5.32 Å². The molecule has 7 heteroatoms. The molecule has 4 rings (SSSR count). The predicted molar refractivity (Wildman–Crippen MR) is 131 cm³/mol. The number of amides is 4. The molecule has 1 aliphatic heterocycles. The third-order valence-corrected chi connectivity index (χ3v) is 6.95. The second-order valence-corrected chi connectivity index (χ2v) is 9.39. The minimum absolute atomic E-state index is 0.0888. The maximum absolute atomic E-state index is 13.5. The Morgan fingerprint density at radius 2 is 1.74 bits per heavy atom. The minimum Gasteiger partial charge on any atom is -0.497 e. The Morgan fingerprint density at radius 3 is 2.38 bits per heavy atom. The van der Waals surface area contributed by atoms with Crippen LogP contribution < -0.4 is 15.0 Å². The fourth-order valence-electron chi connectivity index (χ4n) is 4.94. The summed E-state index contributed by atoms with van der Waals surface area (Å²) in [4.78, 5) is 42.4. The van der Waals surface area contributed by atoms with Gasteiger partial charge >= 0.3 is 6.03 Å². The van der Waals surface area contributed by atoms with Crippen molar-refractivity contribution < 1.29 is 19.1 Å². The summed E-state index contributed by atoms with van der Waals surface area (Å²) in [5, 5.41) is 2.83. The number of nitrogens with one attached hydrogen (secondary N) is 1. The van der Waals surface area contributed by atoms with Crippen molar-refractivity contribution in [1.29, 1.82) is 0 Å². The third kappa shape index (κ3) is 5.08. The van der Waals surface area contributed by atoms with Gasteiger partial charge in [0.15, 0.2) is 0 Å². The lowest BCUT2D eigenvalue weighted by Crippen LogP contribution is -2.49. The number of benzene rings is 2. The Labute approximate surface area is 201 Å². The van der Waals surface area contributed by atoms with Gasteiger partial charge in [0.05, 0.1) is 7.11 Å². The first-order chi connectivity index (χ1) is 16.4. The number of aryl methyl sites for hydroxylation is 1. The van der Waals surface area contributed by atoms with E-state index < -0.39 is 11.6 Å². The summed E-state index contributed by atoms with van der Waals surface area (Å²) in [6.45, 7) is 1.48. The molecule has 0 unspecified atom stereocenters. The van der Waals surface area contributed by atoms with Gasteiger partial charge in [-0.1, -0.05) is 49.6 Å². The normalized spacial score (nSPS) is 20.8. The van der Waals surface area contributed by atoms with Gasteiger partial charge in [-0.25, -0.2) is 4.79 Å². The first kappa shape index (κ1) is 23.8. The number of para-hydroxylation sites is 1. The zero-order valence-corrected chi connectivity index (χ0v) is 20.0. The fraction of sp³-hybridized carbons (Fsp3) is 0.444. The van der Waals surface area contributed by atoms with Crippen LogP contribution in [-0.2, 0) is 16.0 Å². The quantitative estimate of drug-likeness (QED) is 0.592. The molecule has 1 saturated heterocycles. The van der Waals surface area contributed by atoms with Crippen LogP contribution in [0, 0.1) is 0 Å². The van der Waals surface area contributed by atoms with Crippen LogP contribution in [0.3, 0.4) is 0 Å². The Hall–Kier alpha value is -3.35. The highest BCUT2D eigenvalue weighted by atomic mass is 16.5. The number of urea groups is 1. The molecule has 1 atom stereocenters. The van der Waals surface area contributed by atoms with Crippen LogP contribution in [0.4, 0.5) is 10.5 Å². The van der Waals surface area contributed by atoms with Gasteiger partial charge < -0.3 is 15.0 Å². The van der Waals surface area contributed by atoms with Crippen molar-refractivity contribution in [1.82, 2.24) is 10.2 Å². The van der Waals surface area contributed by atoms with E-state index in [0.29, 0.717) is 12.8 Å². The van der Waals surface area contributed by atoms with E-state index >= 15 is 0 Å². The molecular formula is C27H33N3O4. The van der Waals surface area contributed by atoms with Crippen LogP contribution in [0.25, 0.3) is 0 Å². The van der Waals surface area contributed by atoms with Gasteiger partial charge in [0, 0.05) is 11.7 Å². The molecule has 7 nitrogen and oxygen atoms in total. The molecule has 180 valence electrons. The number of nitrogens with zero attached hydrogens (tertiary/aromatic N) is 2. The van der Waals surface area contributed by atoms with E-state index in [1.165, 1.54) is 6.42 Å². The molecule has 2 fully saturated rings. The average molecular weight is 464 g/mol. The lowest BCUT2D eigenvalue weighted by molar-refractivity contribution is -0.134. The lowest BCUT2D eigenvalue weighted by atomic mass is 9.93. The predicted octanol–water partition coefficient (Wildman–Crippen LogP) is 4.30. The van der Waals surface area contributed by atoms with Gasteiger partial charge in [0.25, 0.3) is 5.91 Å². The maximum Gasteiger partial charge on any atom is 0.325 e. The summed E-state index contributed by atoms with van der Waals surface area (Å²) in [6, 6.07) is 16.8. The number of carbonyl (C=O) groups is 3. The van der Waals surface area contributed by atoms with Crippen LogP contribution in [0.5, 0.6) is 5.75 Å². The molecule has 0 aromatic heterocycles. The van der Waals surface area contributed by atoms with E-state index in [-0.39, 0.29) is 24.4 Å². The second kappa shape index (κ2) is 10.3. The molecule has 1 aliphatic carbocycles. The molecule has 0 spiro atoms. The first-order valence-corrected chi connectivity index (χ1v) is 12.1. The number of rotatable bonds is 8. The van der Waals surface area contributed by atoms with Crippen LogP contribution in [-0.4, -0.2) is 48.0 Å². The van der Waals surface area contributed by atoms with E-state index in [1.54, 1.807) is 18.9 Å². The molecule has 34 heavy (non-hydrogen) atoms. The highest BCUT2D eigenvalue weighted by Gasteiger charge is 2.48. The van der Waals surface area contributed by atoms with Crippen molar-refractivity contribution >= 4 is 23.5 Å². The van der Waals surface area contributed by atoms with Gasteiger partial charge in [0.2, 0.25) is 5.91 Å². The summed E-state index contributed by atoms with van der Waals surface area (Å²) >= 11 is 0. The van der Waals surface area contributed by atoms with Crippen LogP contribution in [0.15, 0.2) is 54.6 Å². The summed E-state index contributed by atoms with van der Waals surface area (Å²) in [7, 11) is 1.62. The Bertz CT molecular complexity index is 1020. The van der Waals surface area contributed by atoms with Crippen molar-refractivity contribution in [2.75, 3.05) is 18.6 Å². The first-order valence-electron chi connectivity index (χ1n) is 12.1. The fourth-order valence-corrected chi connectivity index (χ4v) is 4.94. The summed E-state index contributed by atoms with van der Waals surface area (Å²) in [5.41, 5.74) is 0.819. The molecule has 4 amide bonds. The number of carbonyl (C=O) groups excluding carboxylic acids is 3. The number of methoxy groups -OCH3 is 1. The standard InChI is InChI=1S/C27H33N3O4/c1-27(18-17-20-13-15-23(34-2)16-14-20)25(32)29(26(33)28-27)19-24(31)30(21-9-5-3-6-10-21)22-11-7-4-8-12-22/h3,5-6,9-10,13-16,22H,4,7-8,11-12,17-19H2,1-2H3,(H,28,33)/t27-/m1/s1. The van der Waals surface area contributed by atoms with Crippen LogP contribution in [0.1, 0.15) is 51.0 Å². The van der Waals surface area contributed by atoms with Crippen LogP contribution >= 0.6 is 0 Å². The molecule has 2 aromatic carbocycles. The van der Waals surface area contributed by atoms with Crippen molar-refractivity contribution in [3.63, 3.8) is 0 Å². The molecule has 0 radical (unpaired) electrons. The van der Waals surface area contributed by atoms with Crippen LogP contribution in [0.2, 0.25) is 0 Å². The highest BCUT2D eigenvalue weighted by Crippen LogP contribution is 2.29. The zero-order valence-electron chi connectivity index (χ0n) is 20.0.